The molecule has 0 spiro atoms. The number of carbonyl (C=O) groups is 2. The molecule has 25 heavy (non-hydrogen) atoms. The van der Waals surface area contributed by atoms with E-state index in [2.05, 4.69) is 12.2 Å². The van der Waals surface area contributed by atoms with E-state index in [1.165, 1.54) is 7.11 Å². The minimum atomic E-state index is -0.421. The molecular formula is C20H29NO4. The van der Waals surface area contributed by atoms with Crippen molar-refractivity contribution in [3.8, 4) is 0 Å². The van der Waals surface area contributed by atoms with Crippen LogP contribution in [0.1, 0.15) is 51.9 Å². The molecule has 5 nitrogen and oxygen atoms in total. The molecule has 0 heterocycles. The van der Waals surface area contributed by atoms with E-state index in [9.17, 15) is 9.59 Å². The maximum Gasteiger partial charge on any atom is 0.411 e. The summed E-state index contributed by atoms with van der Waals surface area (Å²) in [6, 6.07) is 9.29. The number of nitrogens with one attached hydrogen (secondary N) is 1. The predicted octanol–water partition coefficient (Wildman–Crippen LogP) is 4.77. The van der Waals surface area contributed by atoms with Crippen LogP contribution in [0.2, 0.25) is 0 Å². The number of unbranched alkanes of at least 4 members (excludes halogenated alkanes) is 2. The highest BCUT2D eigenvalue weighted by atomic mass is 16.6. The molecule has 1 aromatic rings. The Morgan fingerprint density at radius 3 is 2.60 bits per heavy atom. The van der Waals surface area contributed by atoms with Gasteiger partial charge in [0.1, 0.15) is 6.10 Å². The summed E-state index contributed by atoms with van der Waals surface area (Å²) in [6.07, 6.45) is 5.95. The van der Waals surface area contributed by atoms with Gasteiger partial charge in [-0.25, -0.2) is 4.79 Å². The van der Waals surface area contributed by atoms with Crippen LogP contribution in [0, 0.1) is 11.8 Å². The Morgan fingerprint density at radius 2 is 1.92 bits per heavy atom. The van der Waals surface area contributed by atoms with Crippen molar-refractivity contribution in [1.82, 2.24) is 0 Å². The van der Waals surface area contributed by atoms with Crippen molar-refractivity contribution < 1.29 is 19.1 Å². The highest BCUT2D eigenvalue weighted by Crippen LogP contribution is 2.40. The van der Waals surface area contributed by atoms with Crippen molar-refractivity contribution in [3.63, 3.8) is 0 Å². The van der Waals surface area contributed by atoms with E-state index in [-0.39, 0.29) is 23.9 Å². The Kier molecular flexibility index (Phi) is 7.76. The Balaban J connectivity index is 1.93. The monoisotopic (exact) mass is 347 g/mol. The zero-order valence-electron chi connectivity index (χ0n) is 15.2. The predicted molar refractivity (Wildman–Crippen MR) is 97.3 cm³/mol. The van der Waals surface area contributed by atoms with Gasteiger partial charge in [0, 0.05) is 12.1 Å². The van der Waals surface area contributed by atoms with E-state index in [1.54, 1.807) is 0 Å². The van der Waals surface area contributed by atoms with Crippen LogP contribution in [-0.4, -0.2) is 25.3 Å². The molecule has 138 valence electrons. The molecule has 3 unspecified atom stereocenters. The molecule has 1 N–H and O–H groups in total. The maximum atomic E-state index is 12.2. The van der Waals surface area contributed by atoms with E-state index < -0.39 is 6.09 Å². The van der Waals surface area contributed by atoms with Crippen molar-refractivity contribution in [3.05, 3.63) is 30.3 Å². The summed E-state index contributed by atoms with van der Waals surface area (Å²) in [5, 5.41) is 2.77. The first-order valence-electron chi connectivity index (χ1n) is 9.23. The Morgan fingerprint density at radius 1 is 1.16 bits per heavy atom. The van der Waals surface area contributed by atoms with Gasteiger partial charge in [-0.1, -0.05) is 44.4 Å². The largest absolute Gasteiger partial charge is 0.469 e. The number of hydrogen-bond donors (Lipinski definition) is 1. The average Bonchev–Trinajstić information content (AvgIpc) is 2.97. The van der Waals surface area contributed by atoms with Crippen LogP contribution < -0.4 is 5.32 Å². The van der Waals surface area contributed by atoms with Crippen LogP contribution in [0.4, 0.5) is 10.5 Å². The molecule has 3 atom stereocenters. The zero-order chi connectivity index (χ0) is 18.1. The third kappa shape index (κ3) is 6.07. The maximum absolute atomic E-state index is 12.2. The third-order valence-electron chi connectivity index (χ3n) is 4.98. The lowest BCUT2D eigenvalue weighted by molar-refractivity contribution is -0.142. The van der Waals surface area contributed by atoms with Gasteiger partial charge in [0.2, 0.25) is 0 Å². The summed E-state index contributed by atoms with van der Waals surface area (Å²) in [7, 11) is 1.42. The molecule has 1 aromatic carbocycles. The van der Waals surface area contributed by atoms with Crippen LogP contribution >= 0.6 is 0 Å². The summed E-state index contributed by atoms with van der Waals surface area (Å²) >= 11 is 0. The number of benzene rings is 1. The van der Waals surface area contributed by atoms with E-state index in [1.807, 2.05) is 30.3 Å². The zero-order valence-corrected chi connectivity index (χ0v) is 15.2. The fourth-order valence-electron chi connectivity index (χ4n) is 3.67. The number of rotatable bonds is 8. The second-order valence-electron chi connectivity index (χ2n) is 6.71. The quantitative estimate of drug-likeness (QED) is 0.543. The van der Waals surface area contributed by atoms with Crippen molar-refractivity contribution in [1.29, 1.82) is 0 Å². The molecule has 0 aliphatic heterocycles. The molecule has 1 saturated carbocycles. The van der Waals surface area contributed by atoms with Gasteiger partial charge in [0.05, 0.1) is 7.11 Å². The van der Waals surface area contributed by atoms with Crippen molar-refractivity contribution in [2.45, 2.75) is 58.0 Å². The number of methoxy groups -OCH3 is 1. The Labute approximate surface area is 150 Å². The van der Waals surface area contributed by atoms with Gasteiger partial charge in [-0.15, -0.1) is 0 Å². The first-order valence-corrected chi connectivity index (χ1v) is 9.23. The number of carbonyl (C=O) groups excluding carboxylic acids is 2. The summed E-state index contributed by atoms with van der Waals surface area (Å²) in [5.74, 6) is 0.283. The molecule has 0 bridgehead atoms. The van der Waals surface area contributed by atoms with E-state index >= 15 is 0 Å². The number of amides is 1. The number of para-hydroxylation sites is 1. The lowest BCUT2D eigenvalue weighted by atomic mass is 9.87. The van der Waals surface area contributed by atoms with Crippen LogP contribution in [0.15, 0.2) is 30.3 Å². The highest BCUT2D eigenvalue weighted by Gasteiger charge is 2.39. The first-order chi connectivity index (χ1) is 12.1. The molecule has 0 radical (unpaired) electrons. The fraction of sp³-hybridized carbons (Fsp3) is 0.600. The standard InChI is InChI=1S/C20H29NO4/c1-3-4-6-11-17-15(14-19(22)24-2)12-13-18(17)25-20(23)21-16-9-7-5-8-10-16/h5,7-10,15,17-18H,3-4,6,11-14H2,1-2H3,(H,21,23). The number of anilines is 1. The summed E-state index contributed by atoms with van der Waals surface area (Å²) < 4.78 is 10.5. The lowest BCUT2D eigenvalue weighted by Gasteiger charge is -2.24. The molecule has 1 fully saturated rings. The number of hydrogen-bond acceptors (Lipinski definition) is 4. The highest BCUT2D eigenvalue weighted by molar-refractivity contribution is 5.84. The molecule has 1 aliphatic rings. The summed E-state index contributed by atoms with van der Waals surface area (Å²) in [5.41, 5.74) is 0.721. The van der Waals surface area contributed by atoms with E-state index in [0.29, 0.717) is 6.42 Å². The minimum absolute atomic E-state index is 0.129. The summed E-state index contributed by atoms with van der Waals surface area (Å²) in [6.45, 7) is 2.17. The van der Waals surface area contributed by atoms with Crippen LogP contribution in [-0.2, 0) is 14.3 Å². The molecule has 2 rings (SSSR count). The Bertz CT molecular complexity index is 546. The second-order valence-corrected chi connectivity index (χ2v) is 6.71. The van der Waals surface area contributed by atoms with Crippen molar-refractivity contribution in [2.75, 3.05) is 12.4 Å². The summed E-state index contributed by atoms with van der Waals surface area (Å²) in [4.78, 5) is 23.9. The van der Waals surface area contributed by atoms with Gasteiger partial charge in [-0.3, -0.25) is 10.1 Å². The Hall–Kier alpha value is -2.04. The molecular weight excluding hydrogens is 318 g/mol. The van der Waals surface area contributed by atoms with E-state index in [0.717, 1.165) is 44.2 Å². The van der Waals surface area contributed by atoms with Crippen LogP contribution in [0.25, 0.3) is 0 Å². The van der Waals surface area contributed by atoms with Crippen molar-refractivity contribution in [2.24, 2.45) is 11.8 Å². The van der Waals surface area contributed by atoms with Gasteiger partial charge < -0.3 is 9.47 Å². The number of esters is 1. The second kappa shape index (κ2) is 10.1. The third-order valence-corrected chi connectivity index (χ3v) is 4.98. The fourth-order valence-corrected chi connectivity index (χ4v) is 3.67. The smallest absolute Gasteiger partial charge is 0.411 e. The first kappa shape index (κ1) is 19.3. The van der Waals surface area contributed by atoms with Crippen LogP contribution in [0.5, 0.6) is 0 Å². The molecule has 5 heteroatoms. The number of ether oxygens (including phenoxy) is 2. The average molecular weight is 347 g/mol. The molecule has 0 saturated heterocycles. The van der Waals surface area contributed by atoms with Gasteiger partial charge in [0.15, 0.2) is 0 Å². The lowest BCUT2D eigenvalue weighted by Crippen LogP contribution is -2.28. The minimum Gasteiger partial charge on any atom is -0.469 e. The van der Waals surface area contributed by atoms with E-state index in [4.69, 9.17) is 9.47 Å². The van der Waals surface area contributed by atoms with Gasteiger partial charge in [0.25, 0.3) is 0 Å². The van der Waals surface area contributed by atoms with Gasteiger partial charge in [-0.05, 0) is 43.2 Å². The van der Waals surface area contributed by atoms with Gasteiger partial charge in [-0.2, -0.15) is 0 Å². The SMILES string of the molecule is CCCCCC1C(CC(=O)OC)CCC1OC(=O)Nc1ccccc1. The molecule has 1 aliphatic carbocycles. The topological polar surface area (TPSA) is 64.6 Å². The van der Waals surface area contributed by atoms with Crippen LogP contribution in [0.3, 0.4) is 0 Å². The molecule has 0 aromatic heterocycles. The molecule has 1 amide bonds. The van der Waals surface area contributed by atoms with Gasteiger partial charge >= 0.3 is 12.1 Å². The normalized spacial score (nSPS) is 22.4. The van der Waals surface area contributed by atoms with Crippen molar-refractivity contribution >= 4 is 17.7 Å².